The maximum absolute atomic E-state index is 10.6. The van der Waals surface area contributed by atoms with Crippen LogP contribution in [0.2, 0.25) is 0 Å². The van der Waals surface area contributed by atoms with Crippen LogP contribution >= 0.6 is 11.3 Å². The maximum Gasteiger partial charge on any atom is 0.269 e. The monoisotopic (exact) mass is 277 g/mol. The molecule has 0 amide bonds. The first-order chi connectivity index (χ1) is 9.06. The fourth-order valence-corrected chi connectivity index (χ4v) is 2.46. The molecule has 1 unspecified atom stereocenters. The zero-order valence-electron chi connectivity index (χ0n) is 10.8. The molecule has 0 aliphatic rings. The first-order valence-corrected chi connectivity index (χ1v) is 6.77. The standard InChI is InChI=1S/C13H15N3O2S/c1-9-7-15-13(19-9)8-14-10(2)11-3-5-12(6-4-11)16(17)18/h3-7,10,14H,8H2,1-2H3. The molecule has 0 radical (unpaired) electrons. The van der Waals surface area contributed by atoms with Crippen molar-refractivity contribution < 1.29 is 4.92 Å². The highest BCUT2D eigenvalue weighted by molar-refractivity contribution is 7.11. The van der Waals surface area contributed by atoms with Gasteiger partial charge in [-0.15, -0.1) is 11.3 Å². The summed E-state index contributed by atoms with van der Waals surface area (Å²) in [5, 5.41) is 15.0. The molecule has 0 aliphatic heterocycles. The summed E-state index contributed by atoms with van der Waals surface area (Å²) in [6, 6.07) is 6.75. The molecule has 0 fully saturated rings. The number of nitro benzene ring substituents is 1. The third-order valence-corrected chi connectivity index (χ3v) is 3.75. The van der Waals surface area contributed by atoms with Crippen molar-refractivity contribution in [1.29, 1.82) is 0 Å². The number of aryl methyl sites for hydroxylation is 1. The number of nitrogens with one attached hydrogen (secondary N) is 1. The van der Waals surface area contributed by atoms with Crippen LogP contribution in [0, 0.1) is 17.0 Å². The van der Waals surface area contributed by atoms with Gasteiger partial charge >= 0.3 is 0 Å². The van der Waals surface area contributed by atoms with E-state index in [1.54, 1.807) is 23.5 Å². The van der Waals surface area contributed by atoms with Gasteiger partial charge in [0.25, 0.3) is 5.69 Å². The summed E-state index contributed by atoms with van der Waals surface area (Å²) in [7, 11) is 0. The second kappa shape index (κ2) is 5.90. The Morgan fingerprint density at radius 3 is 2.63 bits per heavy atom. The Balaban J connectivity index is 1.95. The molecule has 19 heavy (non-hydrogen) atoms. The van der Waals surface area contributed by atoms with Crippen molar-refractivity contribution in [2.75, 3.05) is 0 Å². The minimum absolute atomic E-state index is 0.117. The Bertz CT molecular complexity index is 566. The van der Waals surface area contributed by atoms with E-state index in [1.807, 2.05) is 20.0 Å². The van der Waals surface area contributed by atoms with E-state index in [4.69, 9.17) is 0 Å². The molecule has 0 aliphatic carbocycles. The Hall–Kier alpha value is -1.79. The van der Waals surface area contributed by atoms with Gasteiger partial charge in [0, 0.05) is 35.8 Å². The van der Waals surface area contributed by atoms with Crippen molar-refractivity contribution in [3.8, 4) is 0 Å². The minimum Gasteiger partial charge on any atom is -0.304 e. The van der Waals surface area contributed by atoms with Gasteiger partial charge in [0.05, 0.1) is 4.92 Å². The van der Waals surface area contributed by atoms with Gasteiger partial charge in [0.15, 0.2) is 0 Å². The second-order valence-electron chi connectivity index (χ2n) is 4.32. The van der Waals surface area contributed by atoms with Crippen LogP contribution < -0.4 is 5.32 Å². The number of non-ortho nitro benzene ring substituents is 1. The highest BCUT2D eigenvalue weighted by atomic mass is 32.1. The molecule has 0 spiro atoms. The van der Waals surface area contributed by atoms with Gasteiger partial charge in [-0.1, -0.05) is 12.1 Å². The zero-order valence-corrected chi connectivity index (χ0v) is 11.6. The van der Waals surface area contributed by atoms with Crippen molar-refractivity contribution in [3.05, 3.63) is 56.0 Å². The second-order valence-corrected chi connectivity index (χ2v) is 5.64. The van der Waals surface area contributed by atoms with Crippen LogP contribution in [0.25, 0.3) is 0 Å². The molecule has 100 valence electrons. The Labute approximate surface area is 115 Å². The summed E-state index contributed by atoms with van der Waals surface area (Å²) in [6.07, 6.45) is 1.86. The number of nitrogens with zero attached hydrogens (tertiary/aromatic N) is 2. The summed E-state index contributed by atoms with van der Waals surface area (Å²) >= 11 is 1.67. The highest BCUT2D eigenvalue weighted by Crippen LogP contribution is 2.18. The van der Waals surface area contributed by atoms with Gasteiger partial charge < -0.3 is 5.32 Å². The average Bonchev–Trinajstić information content (AvgIpc) is 2.82. The molecular formula is C13H15N3O2S. The number of hydrogen-bond donors (Lipinski definition) is 1. The molecule has 1 aromatic carbocycles. The minimum atomic E-state index is -0.389. The van der Waals surface area contributed by atoms with Crippen molar-refractivity contribution >= 4 is 17.0 Å². The summed E-state index contributed by atoms with van der Waals surface area (Å²) < 4.78 is 0. The van der Waals surface area contributed by atoms with E-state index in [0.29, 0.717) is 6.54 Å². The summed E-state index contributed by atoms with van der Waals surface area (Å²) in [5.74, 6) is 0. The van der Waals surface area contributed by atoms with Gasteiger partial charge in [-0.05, 0) is 19.4 Å². The van der Waals surface area contributed by atoms with Crippen LogP contribution in [0.5, 0.6) is 0 Å². The zero-order chi connectivity index (χ0) is 13.8. The predicted molar refractivity (Wildman–Crippen MR) is 75.2 cm³/mol. The lowest BCUT2D eigenvalue weighted by Crippen LogP contribution is -2.17. The molecule has 0 saturated carbocycles. The Morgan fingerprint density at radius 2 is 2.11 bits per heavy atom. The van der Waals surface area contributed by atoms with Crippen LogP contribution in [0.4, 0.5) is 5.69 Å². The molecule has 1 heterocycles. The van der Waals surface area contributed by atoms with Crippen LogP contribution in [0.15, 0.2) is 30.5 Å². The molecule has 2 aromatic rings. The molecular weight excluding hydrogens is 262 g/mol. The predicted octanol–water partition coefficient (Wildman–Crippen LogP) is 3.21. The van der Waals surface area contributed by atoms with E-state index in [9.17, 15) is 10.1 Å². The van der Waals surface area contributed by atoms with Crippen LogP contribution in [0.1, 0.15) is 28.4 Å². The first kappa shape index (κ1) is 13.6. The molecule has 1 aromatic heterocycles. The van der Waals surface area contributed by atoms with Crippen LogP contribution in [-0.4, -0.2) is 9.91 Å². The molecule has 0 bridgehead atoms. The van der Waals surface area contributed by atoms with E-state index in [-0.39, 0.29) is 16.7 Å². The number of nitro groups is 1. The van der Waals surface area contributed by atoms with Crippen LogP contribution in [0.3, 0.4) is 0 Å². The van der Waals surface area contributed by atoms with Gasteiger partial charge in [0.1, 0.15) is 5.01 Å². The topological polar surface area (TPSA) is 68.1 Å². The fraction of sp³-hybridized carbons (Fsp3) is 0.308. The smallest absolute Gasteiger partial charge is 0.269 e. The molecule has 1 N–H and O–H groups in total. The van der Waals surface area contributed by atoms with Gasteiger partial charge in [-0.3, -0.25) is 10.1 Å². The molecule has 0 saturated heterocycles. The number of rotatable bonds is 5. The van der Waals surface area contributed by atoms with Crippen molar-refractivity contribution in [2.24, 2.45) is 0 Å². The lowest BCUT2D eigenvalue weighted by atomic mass is 10.1. The van der Waals surface area contributed by atoms with E-state index >= 15 is 0 Å². The molecule has 5 nitrogen and oxygen atoms in total. The number of aromatic nitrogens is 1. The normalized spacial score (nSPS) is 12.3. The summed E-state index contributed by atoms with van der Waals surface area (Å²) in [5.41, 5.74) is 1.14. The average molecular weight is 277 g/mol. The van der Waals surface area contributed by atoms with E-state index in [0.717, 1.165) is 10.6 Å². The van der Waals surface area contributed by atoms with Crippen molar-refractivity contribution in [1.82, 2.24) is 10.3 Å². The number of benzene rings is 1. The maximum atomic E-state index is 10.6. The van der Waals surface area contributed by atoms with Gasteiger partial charge in [-0.25, -0.2) is 4.98 Å². The van der Waals surface area contributed by atoms with Crippen LogP contribution in [-0.2, 0) is 6.54 Å². The SMILES string of the molecule is Cc1cnc(CNC(C)c2ccc([N+](=O)[O-])cc2)s1. The third-order valence-electron chi connectivity index (χ3n) is 2.83. The van der Waals surface area contributed by atoms with Gasteiger partial charge in [-0.2, -0.15) is 0 Å². The first-order valence-electron chi connectivity index (χ1n) is 5.95. The number of thiazole rings is 1. The highest BCUT2D eigenvalue weighted by Gasteiger charge is 2.09. The molecule has 2 rings (SSSR count). The van der Waals surface area contributed by atoms with E-state index in [1.165, 1.54) is 17.0 Å². The quantitative estimate of drug-likeness (QED) is 0.673. The third kappa shape index (κ3) is 3.59. The lowest BCUT2D eigenvalue weighted by Gasteiger charge is -2.12. The Kier molecular flexibility index (Phi) is 4.24. The fourth-order valence-electron chi connectivity index (χ4n) is 1.73. The molecule has 1 atom stereocenters. The van der Waals surface area contributed by atoms with Gasteiger partial charge in [0.2, 0.25) is 0 Å². The number of hydrogen-bond acceptors (Lipinski definition) is 5. The van der Waals surface area contributed by atoms with E-state index < -0.39 is 0 Å². The van der Waals surface area contributed by atoms with Crippen molar-refractivity contribution in [2.45, 2.75) is 26.4 Å². The summed E-state index contributed by atoms with van der Waals surface area (Å²) in [4.78, 5) is 15.7. The Morgan fingerprint density at radius 1 is 1.42 bits per heavy atom. The van der Waals surface area contributed by atoms with E-state index in [2.05, 4.69) is 10.3 Å². The van der Waals surface area contributed by atoms with Crippen molar-refractivity contribution in [3.63, 3.8) is 0 Å². The molecule has 6 heteroatoms. The lowest BCUT2D eigenvalue weighted by molar-refractivity contribution is -0.384. The summed E-state index contributed by atoms with van der Waals surface area (Å²) in [6.45, 7) is 4.76. The largest absolute Gasteiger partial charge is 0.304 e.